The molecule has 1 aromatic heterocycles. The maximum absolute atomic E-state index is 12.7. The van der Waals surface area contributed by atoms with E-state index in [9.17, 15) is 9.59 Å². The average molecular weight is 394 g/mol. The summed E-state index contributed by atoms with van der Waals surface area (Å²) in [6.07, 6.45) is 1.95. The first-order valence-electron chi connectivity index (χ1n) is 9.50. The van der Waals surface area contributed by atoms with Crippen molar-refractivity contribution in [3.05, 3.63) is 54.1 Å². The molecule has 0 radical (unpaired) electrons. The number of methoxy groups -OCH3 is 1. The van der Waals surface area contributed by atoms with Gasteiger partial charge in [0.05, 0.1) is 12.6 Å². The SMILES string of the molecule is COc1ccc(CN(C(=O)COC(=O)Cn2nnc3ccccc32)C2CC2)cc1. The Bertz CT molecular complexity index is 1010. The molecule has 1 heterocycles. The first kappa shape index (κ1) is 18.9. The van der Waals surface area contributed by atoms with Crippen molar-refractivity contribution in [1.29, 1.82) is 0 Å². The van der Waals surface area contributed by atoms with Gasteiger partial charge in [0.2, 0.25) is 0 Å². The van der Waals surface area contributed by atoms with Gasteiger partial charge in [-0.05, 0) is 42.7 Å². The molecular formula is C21H22N4O4. The Morgan fingerprint density at radius 2 is 1.90 bits per heavy atom. The molecule has 0 saturated heterocycles. The number of carbonyl (C=O) groups excluding carboxylic acids is 2. The van der Waals surface area contributed by atoms with Crippen molar-refractivity contribution in [1.82, 2.24) is 19.9 Å². The van der Waals surface area contributed by atoms with E-state index in [1.165, 1.54) is 4.68 Å². The Hall–Kier alpha value is -3.42. The smallest absolute Gasteiger partial charge is 0.328 e. The molecule has 3 aromatic rings. The molecule has 150 valence electrons. The quantitative estimate of drug-likeness (QED) is 0.544. The highest BCUT2D eigenvalue weighted by molar-refractivity contribution is 5.82. The van der Waals surface area contributed by atoms with Gasteiger partial charge in [-0.3, -0.25) is 9.59 Å². The second kappa shape index (κ2) is 8.30. The molecule has 0 N–H and O–H groups in total. The first-order valence-corrected chi connectivity index (χ1v) is 9.50. The lowest BCUT2D eigenvalue weighted by Crippen LogP contribution is -2.36. The minimum absolute atomic E-state index is 0.0876. The summed E-state index contributed by atoms with van der Waals surface area (Å²) in [6, 6.07) is 15.2. The second-order valence-electron chi connectivity index (χ2n) is 7.00. The first-order chi connectivity index (χ1) is 14.1. The van der Waals surface area contributed by atoms with Crippen LogP contribution in [0.1, 0.15) is 18.4 Å². The van der Waals surface area contributed by atoms with Gasteiger partial charge in [-0.15, -0.1) is 5.10 Å². The van der Waals surface area contributed by atoms with Gasteiger partial charge in [0.15, 0.2) is 6.61 Å². The van der Waals surface area contributed by atoms with E-state index in [0.717, 1.165) is 29.7 Å². The van der Waals surface area contributed by atoms with Crippen LogP contribution in [0.4, 0.5) is 0 Å². The summed E-state index contributed by atoms with van der Waals surface area (Å²) >= 11 is 0. The van der Waals surface area contributed by atoms with Crippen molar-refractivity contribution in [3.63, 3.8) is 0 Å². The van der Waals surface area contributed by atoms with Crippen LogP contribution in [-0.2, 0) is 27.4 Å². The molecule has 4 rings (SSSR count). The maximum Gasteiger partial charge on any atom is 0.328 e. The number of fused-ring (bicyclic) bond motifs is 1. The Balaban J connectivity index is 1.33. The number of ether oxygens (including phenoxy) is 2. The van der Waals surface area contributed by atoms with Crippen LogP contribution in [0.2, 0.25) is 0 Å². The van der Waals surface area contributed by atoms with Gasteiger partial charge in [-0.1, -0.05) is 29.5 Å². The molecule has 0 atom stereocenters. The summed E-state index contributed by atoms with van der Waals surface area (Å²) in [5.74, 6) is 0.0573. The number of carbonyl (C=O) groups is 2. The minimum atomic E-state index is -0.519. The van der Waals surface area contributed by atoms with Crippen LogP contribution in [0.3, 0.4) is 0 Å². The number of aromatic nitrogens is 3. The van der Waals surface area contributed by atoms with E-state index in [2.05, 4.69) is 10.3 Å². The summed E-state index contributed by atoms with van der Waals surface area (Å²) in [4.78, 5) is 26.6. The molecule has 8 nitrogen and oxygen atoms in total. The second-order valence-corrected chi connectivity index (χ2v) is 7.00. The molecule has 1 aliphatic carbocycles. The third-order valence-corrected chi connectivity index (χ3v) is 4.88. The average Bonchev–Trinajstić information content (AvgIpc) is 3.52. The van der Waals surface area contributed by atoms with E-state index in [1.807, 2.05) is 48.5 Å². The van der Waals surface area contributed by atoms with Crippen molar-refractivity contribution < 1.29 is 19.1 Å². The van der Waals surface area contributed by atoms with Crippen molar-refractivity contribution in [2.24, 2.45) is 0 Å². The molecule has 29 heavy (non-hydrogen) atoms. The fourth-order valence-corrected chi connectivity index (χ4v) is 3.16. The Labute approximate surface area is 168 Å². The maximum atomic E-state index is 12.7. The predicted molar refractivity (Wildman–Crippen MR) is 105 cm³/mol. The summed E-state index contributed by atoms with van der Waals surface area (Å²) in [5.41, 5.74) is 2.46. The molecular weight excluding hydrogens is 372 g/mol. The van der Waals surface area contributed by atoms with Gasteiger partial charge >= 0.3 is 5.97 Å². The molecule has 0 aliphatic heterocycles. The molecule has 2 aromatic carbocycles. The van der Waals surface area contributed by atoms with Crippen LogP contribution in [0, 0.1) is 0 Å². The van der Waals surface area contributed by atoms with Gasteiger partial charge in [0.1, 0.15) is 17.8 Å². The lowest BCUT2D eigenvalue weighted by Gasteiger charge is -2.22. The fourth-order valence-electron chi connectivity index (χ4n) is 3.16. The van der Waals surface area contributed by atoms with Crippen molar-refractivity contribution in [2.75, 3.05) is 13.7 Å². The summed E-state index contributed by atoms with van der Waals surface area (Å²) < 4.78 is 11.9. The van der Waals surface area contributed by atoms with Gasteiger partial charge in [-0.2, -0.15) is 0 Å². The van der Waals surface area contributed by atoms with Crippen LogP contribution in [-0.4, -0.2) is 51.5 Å². The van der Waals surface area contributed by atoms with Crippen LogP contribution in [0.15, 0.2) is 48.5 Å². The van der Waals surface area contributed by atoms with Crippen LogP contribution in [0.5, 0.6) is 5.75 Å². The topological polar surface area (TPSA) is 86.5 Å². The lowest BCUT2D eigenvalue weighted by atomic mass is 10.2. The number of nitrogens with zero attached hydrogens (tertiary/aromatic N) is 4. The molecule has 0 spiro atoms. The summed E-state index contributed by atoms with van der Waals surface area (Å²) in [5, 5.41) is 7.97. The van der Waals surface area contributed by atoms with Gasteiger partial charge in [0.25, 0.3) is 5.91 Å². The Kier molecular flexibility index (Phi) is 5.41. The van der Waals surface area contributed by atoms with Gasteiger partial charge in [-0.25, -0.2) is 4.68 Å². The number of amides is 1. The van der Waals surface area contributed by atoms with E-state index in [4.69, 9.17) is 9.47 Å². The number of hydrogen-bond acceptors (Lipinski definition) is 6. The standard InChI is InChI=1S/C21H22N4O4/c1-28-17-10-6-15(7-11-17)12-24(16-8-9-16)20(26)14-29-21(27)13-25-19-5-3-2-4-18(19)22-23-25/h2-7,10-11,16H,8-9,12-14H2,1H3. The minimum Gasteiger partial charge on any atom is -0.497 e. The van der Waals surface area contributed by atoms with E-state index < -0.39 is 5.97 Å². The summed E-state index contributed by atoms with van der Waals surface area (Å²) in [6.45, 7) is 0.118. The zero-order valence-corrected chi connectivity index (χ0v) is 16.2. The summed E-state index contributed by atoms with van der Waals surface area (Å²) in [7, 11) is 1.62. The van der Waals surface area contributed by atoms with Gasteiger partial charge in [0, 0.05) is 12.6 Å². The Morgan fingerprint density at radius 1 is 1.14 bits per heavy atom. The number of hydrogen-bond donors (Lipinski definition) is 0. The number of benzene rings is 2. The molecule has 1 amide bonds. The van der Waals surface area contributed by atoms with Crippen molar-refractivity contribution in [2.45, 2.75) is 32.0 Å². The highest BCUT2D eigenvalue weighted by Gasteiger charge is 2.33. The molecule has 8 heteroatoms. The van der Waals surface area contributed by atoms with E-state index in [-0.39, 0.29) is 25.1 Å². The zero-order valence-electron chi connectivity index (χ0n) is 16.2. The van der Waals surface area contributed by atoms with Crippen molar-refractivity contribution in [3.8, 4) is 5.75 Å². The molecule has 1 fully saturated rings. The highest BCUT2D eigenvalue weighted by atomic mass is 16.5. The van der Waals surface area contributed by atoms with E-state index in [1.54, 1.807) is 12.0 Å². The van der Waals surface area contributed by atoms with Crippen LogP contribution in [0.25, 0.3) is 11.0 Å². The molecule has 0 bridgehead atoms. The largest absolute Gasteiger partial charge is 0.497 e. The van der Waals surface area contributed by atoms with Gasteiger partial charge < -0.3 is 14.4 Å². The third kappa shape index (κ3) is 4.53. The lowest BCUT2D eigenvalue weighted by molar-refractivity contribution is -0.153. The normalized spacial score (nSPS) is 13.3. The molecule has 1 saturated carbocycles. The van der Waals surface area contributed by atoms with E-state index >= 15 is 0 Å². The van der Waals surface area contributed by atoms with E-state index in [0.29, 0.717) is 12.1 Å². The number of esters is 1. The predicted octanol–water partition coefficient (Wildman–Crippen LogP) is 2.17. The zero-order chi connectivity index (χ0) is 20.2. The monoisotopic (exact) mass is 394 g/mol. The van der Waals surface area contributed by atoms with Crippen molar-refractivity contribution >= 4 is 22.9 Å². The number of rotatable bonds is 8. The third-order valence-electron chi connectivity index (χ3n) is 4.88. The Morgan fingerprint density at radius 3 is 2.62 bits per heavy atom. The highest BCUT2D eigenvalue weighted by Crippen LogP contribution is 2.28. The molecule has 1 aliphatic rings. The fraction of sp³-hybridized carbons (Fsp3) is 0.333. The number of para-hydroxylation sites is 1. The van der Waals surface area contributed by atoms with Crippen LogP contribution < -0.4 is 4.74 Å². The van der Waals surface area contributed by atoms with Crippen LogP contribution >= 0.6 is 0 Å². The molecule has 0 unspecified atom stereocenters.